The highest BCUT2D eigenvalue weighted by Gasteiger charge is 2.43. The average molecular weight is 345 g/mol. The Morgan fingerprint density at radius 2 is 1.79 bits per heavy atom. The van der Waals surface area contributed by atoms with Gasteiger partial charge in [0.15, 0.2) is 0 Å². The summed E-state index contributed by atoms with van der Waals surface area (Å²) in [5, 5.41) is 5.06. The number of carbonyl (C=O) groups is 3. The van der Waals surface area contributed by atoms with E-state index >= 15 is 0 Å². The van der Waals surface area contributed by atoms with Crippen LogP contribution in [0.25, 0.3) is 0 Å². The van der Waals surface area contributed by atoms with Gasteiger partial charge in [0, 0.05) is 20.7 Å². The second-order valence-corrected chi connectivity index (χ2v) is 5.68. The van der Waals surface area contributed by atoms with Crippen molar-refractivity contribution in [2.75, 3.05) is 27.8 Å². The SMILES string of the molecule is CC.CNC(=O)C1CCCN1C(=O)C(NC(=O)OC)C(C)(C)OC. The van der Waals surface area contributed by atoms with E-state index in [1.165, 1.54) is 26.2 Å². The van der Waals surface area contributed by atoms with Crippen molar-refractivity contribution in [1.29, 1.82) is 0 Å². The van der Waals surface area contributed by atoms with Crippen LogP contribution in [0.5, 0.6) is 0 Å². The highest BCUT2D eigenvalue weighted by atomic mass is 16.5. The van der Waals surface area contributed by atoms with E-state index in [2.05, 4.69) is 15.4 Å². The molecule has 1 rings (SSSR count). The zero-order valence-corrected chi connectivity index (χ0v) is 15.8. The molecule has 24 heavy (non-hydrogen) atoms. The zero-order valence-electron chi connectivity index (χ0n) is 15.8. The van der Waals surface area contributed by atoms with Crippen molar-refractivity contribution in [3.63, 3.8) is 0 Å². The van der Waals surface area contributed by atoms with E-state index < -0.39 is 23.8 Å². The minimum absolute atomic E-state index is 0.210. The number of likely N-dealkylation sites (N-methyl/N-ethyl adjacent to an activating group) is 1. The number of methoxy groups -OCH3 is 2. The lowest BCUT2D eigenvalue weighted by Crippen LogP contribution is -2.61. The third-order valence-electron chi connectivity index (χ3n) is 4.00. The first kappa shape index (κ1) is 22.2. The van der Waals surface area contributed by atoms with Crippen molar-refractivity contribution >= 4 is 17.9 Å². The summed E-state index contributed by atoms with van der Waals surface area (Å²) in [4.78, 5) is 37.8. The molecule has 3 amide bonds. The van der Waals surface area contributed by atoms with Crippen LogP contribution in [0.2, 0.25) is 0 Å². The maximum absolute atomic E-state index is 12.8. The van der Waals surface area contributed by atoms with Gasteiger partial charge in [-0.15, -0.1) is 0 Å². The fourth-order valence-corrected chi connectivity index (χ4v) is 2.46. The topological polar surface area (TPSA) is 97.0 Å². The van der Waals surface area contributed by atoms with Crippen molar-refractivity contribution in [2.45, 2.75) is 58.2 Å². The van der Waals surface area contributed by atoms with Crippen LogP contribution in [0, 0.1) is 0 Å². The van der Waals surface area contributed by atoms with Crippen LogP contribution >= 0.6 is 0 Å². The molecule has 2 unspecified atom stereocenters. The Labute approximate surface area is 144 Å². The van der Waals surface area contributed by atoms with E-state index in [1.807, 2.05) is 13.8 Å². The number of rotatable bonds is 5. The van der Waals surface area contributed by atoms with Gasteiger partial charge < -0.3 is 25.0 Å². The summed E-state index contributed by atoms with van der Waals surface area (Å²) in [6, 6.07) is -1.47. The normalized spacial score (nSPS) is 18.1. The van der Waals surface area contributed by atoms with Crippen molar-refractivity contribution in [1.82, 2.24) is 15.5 Å². The van der Waals surface area contributed by atoms with Crippen LogP contribution in [0.3, 0.4) is 0 Å². The molecule has 0 bridgehead atoms. The van der Waals surface area contributed by atoms with E-state index in [0.717, 1.165) is 6.42 Å². The molecular weight excluding hydrogens is 314 g/mol. The molecule has 1 aliphatic rings. The first-order valence-electron chi connectivity index (χ1n) is 8.20. The second-order valence-electron chi connectivity index (χ2n) is 5.68. The largest absolute Gasteiger partial charge is 0.453 e. The van der Waals surface area contributed by atoms with Crippen molar-refractivity contribution < 1.29 is 23.9 Å². The fraction of sp³-hybridized carbons (Fsp3) is 0.812. The molecule has 1 aliphatic heterocycles. The lowest BCUT2D eigenvalue weighted by atomic mass is 9.96. The maximum Gasteiger partial charge on any atom is 0.407 e. The molecule has 2 N–H and O–H groups in total. The Hall–Kier alpha value is -1.83. The number of amides is 3. The molecule has 8 nitrogen and oxygen atoms in total. The fourth-order valence-electron chi connectivity index (χ4n) is 2.46. The molecule has 1 heterocycles. The number of hydrogen-bond donors (Lipinski definition) is 2. The molecule has 0 aromatic rings. The number of ether oxygens (including phenoxy) is 2. The zero-order chi connectivity index (χ0) is 18.9. The molecule has 8 heteroatoms. The smallest absolute Gasteiger partial charge is 0.407 e. The lowest BCUT2D eigenvalue weighted by molar-refractivity contribution is -0.145. The minimum atomic E-state index is -0.949. The first-order valence-corrected chi connectivity index (χ1v) is 8.20. The molecule has 1 fully saturated rings. The molecule has 140 valence electrons. The highest BCUT2D eigenvalue weighted by Crippen LogP contribution is 2.23. The van der Waals surface area contributed by atoms with Gasteiger partial charge in [-0.3, -0.25) is 9.59 Å². The van der Waals surface area contributed by atoms with E-state index in [4.69, 9.17) is 4.74 Å². The monoisotopic (exact) mass is 345 g/mol. The van der Waals surface area contributed by atoms with Crippen LogP contribution in [-0.2, 0) is 19.1 Å². The van der Waals surface area contributed by atoms with Crippen molar-refractivity contribution in [3.05, 3.63) is 0 Å². The Bertz CT molecular complexity index is 439. The Kier molecular flexibility index (Phi) is 9.35. The standard InChI is InChI=1S/C14H25N3O5.C2H6/c1-14(2,22-5)10(16-13(20)21-4)12(19)17-8-6-7-9(17)11(18)15-3;1-2/h9-10H,6-8H2,1-5H3,(H,15,18)(H,16,20);1-2H3. The summed E-state index contributed by atoms with van der Waals surface area (Å²) >= 11 is 0. The van der Waals surface area contributed by atoms with Gasteiger partial charge >= 0.3 is 6.09 Å². The summed E-state index contributed by atoms with van der Waals surface area (Å²) in [5.41, 5.74) is -0.943. The predicted molar refractivity (Wildman–Crippen MR) is 90.6 cm³/mol. The van der Waals surface area contributed by atoms with Gasteiger partial charge in [-0.1, -0.05) is 13.8 Å². The average Bonchev–Trinajstić information content (AvgIpc) is 3.09. The number of nitrogens with zero attached hydrogens (tertiary/aromatic N) is 1. The van der Waals surface area contributed by atoms with E-state index in [-0.39, 0.29) is 11.8 Å². The summed E-state index contributed by atoms with van der Waals surface area (Å²) in [5.74, 6) is -0.568. The predicted octanol–water partition coefficient (Wildman–Crippen LogP) is 0.899. The molecule has 1 saturated heterocycles. The minimum Gasteiger partial charge on any atom is -0.453 e. The lowest BCUT2D eigenvalue weighted by Gasteiger charge is -2.36. The van der Waals surface area contributed by atoms with E-state index in [1.54, 1.807) is 13.8 Å². The maximum atomic E-state index is 12.8. The highest BCUT2D eigenvalue weighted by molar-refractivity contribution is 5.92. The Balaban J connectivity index is 0.00000254. The first-order chi connectivity index (χ1) is 11.3. The van der Waals surface area contributed by atoms with Gasteiger partial charge in [-0.25, -0.2) is 4.79 Å². The van der Waals surface area contributed by atoms with Gasteiger partial charge in [0.2, 0.25) is 11.8 Å². The second kappa shape index (κ2) is 10.1. The Morgan fingerprint density at radius 3 is 2.25 bits per heavy atom. The van der Waals surface area contributed by atoms with Crippen LogP contribution in [0.15, 0.2) is 0 Å². The van der Waals surface area contributed by atoms with E-state index in [0.29, 0.717) is 13.0 Å². The number of nitrogens with one attached hydrogen (secondary N) is 2. The molecule has 0 radical (unpaired) electrons. The summed E-state index contributed by atoms with van der Waals surface area (Å²) < 4.78 is 9.90. The summed E-state index contributed by atoms with van der Waals surface area (Å²) in [7, 11) is 4.21. The third kappa shape index (κ3) is 5.36. The van der Waals surface area contributed by atoms with Gasteiger partial charge in [-0.05, 0) is 26.7 Å². The molecule has 0 aromatic carbocycles. The van der Waals surface area contributed by atoms with Gasteiger partial charge in [0.25, 0.3) is 0 Å². The van der Waals surface area contributed by atoms with Crippen molar-refractivity contribution in [3.8, 4) is 0 Å². The van der Waals surface area contributed by atoms with Gasteiger partial charge in [-0.2, -0.15) is 0 Å². The molecule has 0 aromatic heterocycles. The number of carbonyl (C=O) groups excluding carboxylic acids is 3. The molecule has 0 saturated carbocycles. The quantitative estimate of drug-likeness (QED) is 0.772. The summed E-state index contributed by atoms with van der Waals surface area (Å²) in [6.45, 7) is 7.85. The number of hydrogen-bond acceptors (Lipinski definition) is 5. The molecular formula is C16H31N3O5. The molecule has 0 spiro atoms. The van der Waals surface area contributed by atoms with Crippen LogP contribution in [-0.4, -0.2) is 68.3 Å². The summed E-state index contributed by atoms with van der Waals surface area (Å²) in [6.07, 6.45) is 0.616. The molecule has 2 atom stereocenters. The van der Waals surface area contributed by atoms with Gasteiger partial charge in [0.05, 0.1) is 12.7 Å². The van der Waals surface area contributed by atoms with Gasteiger partial charge in [0.1, 0.15) is 12.1 Å². The third-order valence-corrected chi connectivity index (χ3v) is 4.00. The van der Waals surface area contributed by atoms with Crippen molar-refractivity contribution in [2.24, 2.45) is 0 Å². The number of alkyl carbamates (subject to hydrolysis) is 1. The van der Waals surface area contributed by atoms with Crippen LogP contribution in [0.1, 0.15) is 40.5 Å². The Morgan fingerprint density at radius 1 is 1.21 bits per heavy atom. The van der Waals surface area contributed by atoms with Crippen LogP contribution in [0.4, 0.5) is 4.79 Å². The number of likely N-dealkylation sites (tertiary alicyclic amines) is 1. The molecule has 0 aliphatic carbocycles. The van der Waals surface area contributed by atoms with E-state index in [9.17, 15) is 14.4 Å². The van der Waals surface area contributed by atoms with Crippen LogP contribution < -0.4 is 10.6 Å².